The van der Waals surface area contributed by atoms with Gasteiger partial charge in [-0.2, -0.15) is 9.97 Å². The smallest absolute Gasteiger partial charge is 0.229 e. The Morgan fingerprint density at radius 3 is 1.01 bits per heavy atom. The van der Waals surface area contributed by atoms with E-state index in [-0.39, 0.29) is 21.7 Å². The Hall–Kier alpha value is -9.92. The van der Waals surface area contributed by atoms with Crippen molar-refractivity contribution < 1.29 is 8.83 Å². The van der Waals surface area contributed by atoms with Crippen molar-refractivity contribution in [2.24, 2.45) is 0 Å². The highest BCUT2D eigenvalue weighted by molar-refractivity contribution is 6.17. The van der Waals surface area contributed by atoms with Crippen molar-refractivity contribution in [2.45, 2.75) is 112 Å². The van der Waals surface area contributed by atoms with Crippen molar-refractivity contribution in [1.29, 1.82) is 0 Å². The third-order valence-electron chi connectivity index (χ3n) is 18.3. The summed E-state index contributed by atoms with van der Waals surface area (Å²) in [6.45, 7) is 29.7. The van der Waals surface area contributed by atoms with Gasteiger partial charge in [-0.1, -0.05) is 180 Å². The van der Waals surface area contributed by atoms with Gasteiger partial charge in [0, 0.05) is 82.8 Å². The number of nitrogens with zero attached hydrogens (tertiary/aromatic N) is 6. The van der Waals surface area contributed by atoms with Gasteiger partial charge in [0.15, 0.2) is 0 Å². The lowest BCUT2D eigenvalue weighted by Gasteiger charge is -2.27. The number of benzene rings is 9. The lowest BCUT2D eigenvalue weighted by atomic mass is 9.80. The zero-order valence-electron chi connectivity index (χ0n) is 53.2. The van der Waals surface area contributed by atoms with Crippen LogP contribution >= 0.6 is 0 Å². The number of hydrogen-bond donors (Lipinski definition) is 0. The summed E-state index contributed by atoms with van der Waals surface area (Å²) < 4.78 is 18.7. The first-order valence-corrected chi connectivity index (χ1v) is 31.2. The van der Waals surface area contributed by atoms with E-state index in [0.717, 1.165) is 95.1 Å². The Bertz CT molecular complexity index is 4930. The summed E-state index contributed by atoms with van der Waals surface area (Å²) in [7, 11) is 0. The molecule has 0 aliphatic rings. The molecule has 0 atom stereocenters. The molecule has 0 fully saturated rings. The summed E-state index contributed by atoms with van der Waals surface area (Å²) in [5, 5.41) is 8.59. The Labute approximate surface area is 520 Å². The molecule has 0 amide bonds. The second-order valence-electron chi connectivity index (χ2n) is 28.5. The van der Waals surface area contributed by atoms with Gasteiger partial charge in [0.25, 0.3) is 0 Å². The van der Waals surface area contributed by atoms with Gasteiger partial charge in [-0.3, -0.25) is 9.80 Å². The fourth-order valence-electron chi connectivity index (χ4n) is 13.3. The fourth-order valence-corrected chi connectivity index (χ4v) is 13.3. The number of rotatable bonds is 8. The molecule has 15 rings (SSSR count). The van der Waals surface area contributed by atoms with E-state index in [4.69, 9.17) is 18.8 Å². The minimum atomic E-state index is -0.0463. The summed E-state index contributed by atoms with van der Waals surface area (Å²) in [6.07, 6.45) is 0. The van der Waals surface area contributed by atoms with E-state index in [9.17, 15) is 0 Å². The van der Waals surface area contributed by atoms with Crippen LogP contribution in [0, 0.1) is 6.92 Å². The normalized spacial score (nSPS) is 12.8. The Kier molecular flexibility index (Phi) is 12.5. The van der Waals surface area contributed by atoms with Gasteiger partial charge >= 0.3 is 0 Å². The maximum Gasteiger partial charge on any atom is 0.229 e. The summed E-state index contributed by atoms with van der Waals surface area (Å²) in [6, 6.07) is 77.2. The van der Waals surface area contributed by atoms with Gasteiger partial charge in [-0.05, 0) is 166 Å². The summed E-state index contributed by atoms with van der Waals surface area (Å²) in [5.74, 6) is 1.48. The summed E-state index contributed by atoms with van der Waals surface area (Å²) in [4.78, 5) is 15.3. The van der Waals surface area contributed by atoms with Crippen molar-refractivity contribution >= 4 is 122 Å². The highest BCUT2D eigenvalue weighted by Gasteiger charge is 2.28. The predicted octanol–water partition coefficient (Wildman–Crippen LogP) is 22.9. The predicted molar refractivity (Wildman–Crippen MR) is 374 cm³/mol. The Balaban J connectivity index is 0.843. The van der Waals surface area contributed by atoms with Crippen LogP contribution < -0.4 is 9.80 Å². The van der Waals surface area contributed by atoms with E-state index in [0.29, 0.717) is 11.4 Å². The zero-order valence-corrected chi connectivity index (χ0v) is 53.2. The van der Waals surface area contributed by atoms with Crippen LogP contribution in [0.1, 0.15) is 111 Å². The minimum absolute atomic E-state index is 0.0463. The number of para-hydroxylation sites is 4. The molecule has 0 bridgehead atoms. The molecular weight excluding hydrogens is 1090 g/mol. The third kappa shape index (κ3) is 9.33. The van der Waals surface area contributed by atoms with Crippen molar-refractivity contribution in [3.05, 3.63) is 240 Å². The zero-order chi connectivity index (χ0) is 61.6. The number of fused-ring (bicyclic) bond motifs is 12. The van der Waals surface area contributed by atoms with E-state index >= 15 is 0 Å². The summed E-state index contributed by atoms with van der Waals surface area (Å²) in [5.41, 5.74) is 19.3. The van der Waals surface area contributed by atoms with Crippen molar-refractivity contribution in [3.8, 4) is 11.4 Å². The van der Waals surface area contributed by atoms with E-state index < -0.39 is 0 Å². The quantitative estimate of drug-likeness (QED) is 0.151. The van der Waals surface area contributed by atoms with Crippen LogP contribution in [0.3, 0.4) is 0 Å². The van der Waals surface area contributed by atoms with Crippen molar-refractivity contribution in [2.75, 3.05) is 9.80 Å². The molecule has 440 valence electrons. The monoisotopic (exact) mass is 1160 g/mol. The van der Waals surface area contributed by atoms with Crippen LogP contribution in [0.4, 0.5) is 34.4 Å². The van der Waals surface area contributed by atoms with Crippen LogP contribution in [-0.4, -0.2) is 19.1 Å². The number of aromatic nitrogens is 4. The Morgan fingerprint density at radius 1 is 0.303 bits per heavy atom. The van der Waals surface area contributed by atoms with Crippen molar-refractivity contribution in [3.63, 3.8) is 0 Å². The van der Waals surface area contributed by atoms with E-state index in [1.807, 2.05) is 0 Å². The lowest BCUT2D eigenvalue weighted by molar-refractivity contribution is 0.567. The van der Waals surface area contributed by atoms with Gasteiger partial charge in [-0.25, -0.2) is 0 Å². The van der Waals surface area contributed by atoms with Crippen LogP contribution in [0.2, 0.25) is 0 Å². The second kappa shape index (κ2) is 20.1. The Morgan fingerprint density at radius 2 is 0.640 bits per heavy atom. The lowest BCUT2D eigenvalue weighted by Crippen LogP contribution is -2.17. The van der Waals surface area contributed by atoms with Gasteiger partial charge in [-0.15, -0.1) is 0 Å². The highest BCUT2D eigenvalue weighted by Crippen LogP contribution is 2.46. The van der Waals surface area contributed by atoms with Gasteiger partial charge < -0.3 is 18.0 Å². The molecule has 0 aliphatic heterocycles. The molecule has 8 heteroatoms. The largest absolute Gasteiger partial charge is 0.437 e. The maximum absolute atomic E-state index is 6.90. The van der Waals surface area contributed by atoms with Gasteiger partial charge in [0.1, 0.15) is 22.8 Å². The number of pyridine rings is 2. The van der Waals surface area contributed by atoms with E-state index in [2.05, 4.69) is 321 Å². The molecule has 6 heterocycles. The molecule has 6 aromatic heterocycles. The third-order valence-corrected chi connectivity index (χ3v) is 18.3. The van der Waals surface area contributed by atoms with E-state index in [1.165, 1.54) is 54.8 Å². The average molecular weight is 1160 g/mol. The average Bonchev–Trinajstić information content (AvgIpc) is 1.63. The molecule has 89 heavy (non-hydrogen) atoms. The molecule has 0 unspecified atom stereocenters. The molecule has 8 nitrogen and oxygen atoms in total. The van der Waals surface area contributed by atoms with Gasteiger partial charge in [0.2, 0.25) is 11.4 Å². The van der Waals surface area contributed by atoms with Crippen LogP contribution in [0.25, 0.3) is 99.1 Å². The first kappa shape index (κ1) is 55.6. The van der Waals surface area contributed by atoms with E-state index in [1.54, 1.807) is 0 Å². The molecule has 0 saturated heterocycles. The van der Waals surface area contributed by atoms with Crippen LogP contribution in [0.15, 0.2) is 221 Å². The van der Waals surface area contributed by atoms with Crippen LogP contribution in [0.5, 0.6) is 0 Å². The molecule has 0 aliphatic carbocycles. The number of hydrogen-bond acceptors (Lipinski definition) is 6. The molecule has 0 saturated carbocycles. The first-order chi connectivity index (χ1) is 42.5. The molecule has 15 aromatic rings. The number of anilines is 6. The van der Waals surface area contributed by atoms with Crippen LogP contribution in [-0.2, 0) is 21.7 Å². The number of furan rings is 2. The minimum Gasteiger partial charge on any atom is -0.437 e. The molecule has 0 N–H and O–H groups in total. The second-order valence-corrected chi connectivity index (χ2v) is 28.5. The van der Waals surface area contributed by atoms with Gasteiger partial charge in [0.05, 0.1) is 22.1 Å². The highest BCUT2D eigenvalue weighted by atomic mass is 16.4. The maximum atomic E-state index is 6.90. The SMILES string of the molecule is Cc1c2oc3nc(N(c4ccccc4)c4ccc5c6ccccc6n(-c6cc(C(C)(C)C)cc(C(C)(C)C)c6)c5c4)ccc3c2cc2c1oc1nc(N(c3ccccc3)c3ccc4c5ccccc5n(-c5cc(C(C)(C)C)cc(C(C)(C)C)c5)c4c3)ccc12. The molecule has 0 spiro atoms. The number of aryl methyl sites for hydroxylation is 1. The fraction of sp³-hybridized carbons (Fsp3) is 0.210. The standard InChI is InChI=1S/C81H74N6O2/c1-49-74-66(64-36-38-72(82-76(64)88-74)84(54-24-16-14-17-25-54)56-32-34-62-60-28-20-22-30-68(60)86(70(62)46-56)58-42-50(78(2,3)4)40-51(43-58)79(5,6)7)48-67-65-37-39-73(83-77(65)89-75(49)67)85(55-26-18-15-19-27-55)57-33-35-63-61-29-21-23-31-69(61)87(71(63)47-57)59-44-52(80(8,9)10)41-53(45-59)81(11,12)13/h14-48H,1-13H3. The molecule has 0 radical (unpaired) electrons. The topological polar surface area (TPSA) is 68.4 Å². The summed E-state index contributed by atoms with van der Waals surface area (Å²) >= 11 is 0. The molecular formula is C81H74N6O2. The van der Waals surface area contributed by atoms with Crippen molar-refractivity contribution in [1.82, 2.24) is 19.1 Å². The first-order valence-electron chi connectivity index (χ1n) is 31.2. The molecule has 9 aromatic carbocycles.